The summed E-state index contributed by atoms with van der Waals surface area (Å²) < 4.78 is 50.5. The molecule has 0 amide bonds. The number of aliphatic hydroxyl groups excluding tert-OH is 8. The summed E-state index contributed by atoms with van der Waals surface area (Å²) in [7, 11) is 1.22. The molecule has 1 aliphatic carbocycles. The summed E-state index contributed by atoms with van der Waals surface area (Å²) in [6.07, 6.45) is -16.1. The van der Waals surface area contributed by atoms with Crippen molar-refractivity contribution in [2.45, 2.75) is 106 Å². The first kappa shape index (κ1) is 38.9. The lowest BCUT2D eigenvalue weighted by molar-refractivity contribution is -0.347. The number of carbonyl (C=O) groups excluding carboxylic acids is 2. The molecular formula is C33H46O19. The Hall–Kier alpha value is -2.76. The van der Waals surface area contributed by atoms with Crippen LogP contribution >= 0.6 is 0 Å². The molecule has 0 bridgehead atoms. The Labute approximate surface area is 297 Å². The lowest BCUT2D eigenvalue weighted by Gasteiger charge is -2.45. The third-order valence-electron chi connectivity index (χ3n) is 10.8. The van der Waals surface area contributed by atoms with E-state index in [4.69, 9.17) is 42.6 Å². The molecule has 0 unspecified atom stereocenters. The van der Waals surface area contributed by atoms with E-state index in [0.717, 1.165) is 6.26 Å². The van der Waals surface area contributed by atoms with Crippen molar-refractivity contribution in [3.63, 3.8) is 0 Å². The van der Waals surface area contributed by atoms with E-state index >= 15 is 0 Å². The molecule has 292 valence electrons. The number of carbonyl (C=O) groups is 2. The second kappa shape index (κ2) is 15.9. The number of hydrogen-bond donors (Lipinski definition) is 8. The molecule has 19 nitrogen and oxygen atoms in total. The number of fused-ring (bicyclic) bond motifs is 2. The van der Waals surface area contributed by atoms with Crippen LogP contribution in [0.25, 0.3) is 0 Å². The number of hydrogen-bond acceptors (Lipinski definition) is 19. The van der Waals surface area contributed by atoms with E-state index in [-0.39, 0.29) is 24.0 Å². The van der Waals surface area contributed by atoms with Crippen LogP contribution in [-0.4, -0.2) is 160 Å². The van der Waals surface area contributed by atoms with Crippen molar-refractivity contribution >= 4 is 11.9 Å². The van der Waals surface area contributed by atoms with E-state index in [0.29, 0.717) is 0 Å². The summed E-state index contributed by atoms with van der Waals surface area (Å²) in [5.74, 6) is -4.29. The van der Waals surface area contributed by atoms with Crippen LogP contribution in [0.5, 0.6) is 0 Å². The van der Waals surface area contributed by atoms with Crippen molar-refractivity contribution in [3.05, 3.63) is 36.3 Å². The van der Waals surface area contributed by atoms with Gasteiger partial charge in [0.2, 0.25) is 18.9 Å². The fourth-order valence-corrected chi connectivity index (χ4v) is 7.74. The van der Waals surface area contributed by atoms with Gasteiger partial charge in [0, 0.05) is 30.1 Å². The van der Waals surface area contributed by atoms with Crippen molar-refractivity contribution in [2.24, 2.45) is 29.6 Å². The topological polar surface area (TPSA) is 279 Å². The highest BCUT2D eigenvalue weighted by atomic mass is 16.8. The molecule has 19 atom stereocenters. The Morgan fingerprint density at radius 2 is 1.46 bits per heavy atom. The molecule has 5 heterocycles. The maximum Gasteiger partial charge on any atom is 0.339 e. The van der Waals surface area contributed by atoms with Gasteiger partial charge in [-0.05, 0) is 12.3 Å². The van der Waals surface area contributed by atoms with Crippen molar-refractivity contribution in [2.75, 3.05) is 20.3 Å². The molecular weight excluding hydrogens is 700 g/mol. The molecule has 6 aliphatic rings. The minimum absolute atomic E-state index is 0.0220. The molecule has 3 saturated heterocycles. The molecule has 0 spiro atoms. The van der Waals surface area contributed by atoms with Crippen molar-refractivity contribution in [1.29, 1.82) is 0 Å². The molecule has 19 heteroatoms. The quantitative estimate of drug-likeness (QED) is 0.0800. The van der Waals surface area contributed by atoms with Gasteiger partial charge in [0.05, 0.1) is 50.1 Å². The summed E-state index contributed by atoms with van der Waals surface area (Å²) in [6, 6.07) is 0. The number of aliphatic hydroxyl groups is 8. The Kier molecular flexibility index (Phi) is 11.9. The number of ether oxygens (including phenoxy) is 9. The summed E-state index contributed by atoms with van der Waals surface area (Å²) in [4.78, 5) is 25.4. The maximum atomic E-state index is 13.0. The number of rotatable bonds is 10. The molecule has 1 saturated carbocycles. The normalized spacial score (nSPS) is 47.4. The van der Waals surface area contributed by atoms with Crippen LogP contribution in [0.3, 0.4) is 0 Å². The smallest absolute Gasteiger partial charge is 0.339 e. The third kappa shape index (κ3) is 7.22. The predicted molar refractivity (Wildman–Crippen MR) is 165 cm³/mol. The highest BCUT2D eigenvalue weighted by molar-refractivity contribution is 5.90. The molecule has 0 aromatic heterocycles. The van der Waals surface area contributed by atoms with Gasteiger partial charge in [0.25, 0.3) is 0 Å². The minimum atomic E-state index is -1.76. The van der Waals surface area contributed by atoms with Gasteiger partial charge in [-0.25, -0.2) is 9.59 Å². The summed E-state index contributed by atoms with van der Waals surface area (Å²) in [5.41, 5.74) is 0.346. The van der Waals surface area contributed by atoms with Crippen molar-refractivity contribution in [3.8, 4) is 0 Å². The highest BCUT2D eigenvalue weighted by Crippen LogP contribution is 2.48. The standard InChI is InChI=1S/C33H46O19/c1-4-12-13-6-20(50-29(43)15(13)8-46-30(12)51-32-26(40)24(38)22(36)18(7-34)48-32)45-10-19-23(37)25(39)27(41)33(49-19)52-31-21-11(2)17(35)5-14(21)16(9-47-31)28(42)44-3/h4,8-9,11-14,17-27,30-41H,1,5-7,10H2,2-3H3/t11-,12-,13-,14+,17+,18-,19+,20-,21+,22-,23+,24+,25-,26-,27+,30+,31-,32+,33-/m0/s1. The average Bonchev–Trinajstić information content (AvgIpc) is 3.44. The summed E-state index contributed by atoms with van der Waals surface area (Å²) in [6.45, 7) is 4.45. The van der Waals surface area contributed by atoms with E-state index in [1.54, 1.807) is 6.92 Å². The van der Waals surface area contributed by atoms with Gasteiger partial charge in [-0.3, -0.25) is 0 Å². The first-order valence-electron chi connectivity index (χ1n) is 17.0. The molecule has 0 radical (unpaired) electrons. The summed E-state index contributed by atoms with van der Waals surface area (Å²) >= 11 is 0. The first-order valence-corrected chi connectivity index (χ1v) is 17.0. The van der Waals surface area contributed by atoms with Crippen LogP contribution in [-0.2, 0) is 52.2 Å². The van der Waals surface area contributed by atoms with Gasteiger partial charge < -0.3 is 83.5 Å². The zero-order valence-electron chi connectivity index (χ0n) is 28.3. The lowest BCUT2D eigenvalue weighted by atomic mass is 9.80. The minimum Gasteiger partial charge on any atom is -0.472 e. The highest BCUT2D eigenvalue weighted by Gasteiger charge is 2.54. The average molecular weight is 747 g/mol. The molecule has 6 rings (SSSR count). The fraction of sp³-hybridized carbons (Fsp3) is 0.758. The Morgan fingerprint density at radius 1 is 0.846 bits per heavy atom. The second-order valence-electron chi connectivity index (χ2n) is 13.8. The van der Waals surface area contributed by atoms with E-state index in [9.17, 15) is 50.4 Å². The zero-order chi connectivity index (χ0) is 37.6. The molecule has 5 aliphatic heterocycles. The van der Waals surface area contributed by atoms with E-state index < -0.39 is 141 Å². The van der Waals surface area contributed by atoms with Gasteiger partial charge in [-0.15, -0.1) is 6.58 Å². The third-order valence-corrected chi connectivity index (χ3v) is 10.8. The van der Waals surface area contributed by atoms with Gasteiger partial charge in [0.15, 0.2) is 12.6 Å². The monoisotopic (exact) mass is 746 g/mol. The fourth-order valence-electron chi connectivity index (χ4n) is 7.74. The lowest BCUT2D eigenvalue weighted by Crippen LogP contribution is -2.61. The Morgan fingerprint density at radius 3 is 2.10 bits per heavy atom. The van der Waals surface area contributed by atoms with Gasteiger partial charge in [-0.2, -0.15) is 0 Å². The zero-order valence-corrected chi connectivity index (χ0v) is 28.3. The predicted octanol–water partition coefficient (Wildman–Crippen LogP) is -3.38. The first-order chi connectivity index (χ1) is 24.8. The molecule has 4 fully saturated rings. The number of cyclic esters (lactones) is 1. The number of esters is 2. The van der Waals surface area contributed by atoms with E-state index in [1.165, 1.54) is 19.4 Å². The van der Waals surface area contributed by atoms with E-state index in [1.807, 2.05) is 0 Å². The molecule has 8 N–H and O–H groups in total. The summed E-state index contributed by atoms with van der Waals surface area (Å²) in [5, 5.41) is 83.1. The van der Waals surface area contributed by atoms with Crippen LogP contribution in [0, 0.1) is 29.6 Å². The van der Waals surface area contributed by atoms with Gasteiger partial charge in [-0.1, -0.05) is 13.0 Å². The van der Waals surface area contributed by atoms with E-state index in [2.05, 4.69) is 6.58 Å². The van der Waals surface area contributed by atoms with Crippen molar-refractivity contribution in [1.82, 2.24) is 0 Å². The Balaban J connectivity index is 1.10. The van der Waals surface area contributed by atoms with Crippen LogP contribution < -0.4 is 0 Å². The van der Waals surface area contributed by atoms with Crippen LogP contribution in [0.1, 0.15) is 19.8 Å². The van der Waals surface area contributed by atoms with Gasteiger partial charge in [0.1, 0.15) is 48.8 Å². The molecule has 0 aromatic carbocycles. The SMILES string of the molecule is C=C[C@@H]1[C@@H](O[C@H]2O[C@@H](CO)[C@H](O)[C@@H](O)[C@@H]2O)OC=C2C(=O)O[C@H](OC[C@H]3O[C@@H](O[C@@H]4OC=C(C(=O)OC)[C@H]5C[C@@H](O)[C@H](C)[C@@H]45)[C@H](O)[C@@H](O)[C@@H]3O)C[C@H]21. The maximum absolute atomic E-state index is 13.0. The number of methoxy groups -OCH3 is 1. The van der Waals surface area contributed by atoms with Gasteiger partial charge >= 0.3 is 11.9 Å². The largest absolute Gasteiger partial charge is 0.472 e. The van der Waals surface area contributed by atoms with Crippen molar-refractivity contribution < 1.29 is 93.1 Å². The molecule has 0 aromatic rings. The van der Waals surface area contributed by atoms with Crippen LogP contribution in [0.4, 0.5) is 0 Å². The second-order valence-corrected chi connectivity index (χ2v) is 13.8. The van der Waals surface area contributed by atoms with Crippen LogP contribution in [0.2, 0.25) is 0 Å². The van der Waals surface area contributed by atoms with Crippen LogP contribution in [0.15, 0.2) is 36.3 Å². The molecule has 52 heavy (non-hydrogen) atoms. The Bertz CT molecular complexity index is 1370.